The molecule has 0 spiro atoms. The number of amides is 1. The normalized spacial score (nSPS) is 14.3. The van der Waals surface area contributed by atoms with Crippen molar-refractivity contribution in [3.05, 3.63) is 34.7 Å². The molecule has 0 aliphatic carbocycles. The number of pyridine rings is 1. The average molecular weight is 312 g/mol. The van der Waals surface area contributed by atoms with E-state index < -0.39 is 0 Å². The number of carbonyl (C=O) groups is 1. The van der Waals surface area contributed by atoms with E-state index in [0.717, 1.165) is 17.3 Å². The highest BCUT2D eigenvalue weighted by atomic mass is 16.5. The standard InChI is InChI=1S/C15H16N6O2/c1-8-6-11(13-9(2)19-23-14(13)16-8)15(22)20-4-5-21-10(3)17-18-12(21)7-20/h6H,4-5,7H2,1-3H3. The summed E-state index contributed by atoms with van der Waals surface area (Å²) in [6.07, 6.45) is 0. The second kappa shape index (κ2) is 4.87. The second-order valence-electron chi connectivity index (χ2n) is 5.80. The first kappa shape index (κ1) is 13.9. The second-order valence-corrected chi connectivity index (χ2v) is 5.80. The van der Waals surface area contributed by atoms with Gasteiger partial charge in [-0.05, 0) is 26.8 Å². The van der Waals surface area contributed by atoms with Crippen LogP contribution in [0.25, 0.3) is 11.1 Å². The van der Waals surface area contributed by atoms with E-state index in [0.29, 0.717) is 42.0 Å². The third-order valence-corrected chi connectivity index (χ3v) is 4.20. The quantitative estimate of drug-likeness (QED) is 0.674. The van der Waals surface area contributed by atoms with E-state index in [2.05, 4.69) is 20.3 Å². The van der Waals surface area contributed by atoms with E-state index in [1.165, 1.54) is 0 Å². The molecular formula is C15H16N6O2. The van der Waals surface area contributed by atoms with Crippen LogP contribution in [0.2, 0.25) is 0 Å². The predicted molar refractivity (Wildman–Crippen MR) is 80.8 cm³/mol. The third-order valence-electron chi connectivity index (χ3n) is 4.20. The average Bonchev–Trinajstić information content (AvgIpc) is 3.09. The van der Waals surface area contributed by atoms with Crippen LogP contribution >= 0.6 is 0 Å². The Labute approximate surface area is 132 Å². The van der Waals surface area contributed by atoms with Gasteiger partial charge in [0.1, 0.15) is 5.82 Å². The Bertz CT molecular complexity index is 926. The largest absolute Gasteiger partial charge is 0.336 e. The molecule has 0 radical (unpaired) electrons. The summed E-state index contributed by atoms with van der Waals surface area (Å²) >= 11 is 0. The Morgan fingerprint density at radius 2 is 2.04 bits per heavy atom. The topological polar surface area (TPSA) is 89.9 Å². The Morgan fingerprint density at radius 3 is 2.87 bits per heavy atom. The lowest BCUT2D eigenvalue weighted by Crippen LogP contribution is -2.38. The van der Waals surface area contributed by atoms with Gasteiger partial charge in [0.2, 0.25) is 0 Å². The number of aromatic nitrogens is 5. The van der Waals surface area contributed by atoms with Crippen LogP contribution < -0.4 is 0 Å². The molecule has 8 heteroatoms. The molecular weight excluding hydrogens is 296 g/mol. The van der Waals surface area contributed by atoms with Gasteiger partial charge >= 0.3 is 0 Å². The zero-order chi connectivity index (χ0) is 16.1. The minimum absolute atomic E-state index is 0.0568. The van der Waals surface area contributed by atoms with E-state index >= 15 is 0 Å². The van der Waals surface area contributed by atoms with Crippen molar-refractivity contribution in [3.63, 3.8) is 0 Å². The number of nitrogens with zero attached hydrogens (tertiary/aromatic N) is 6. The van der Waals surface area contributed by atoms with Gasteiger partial charge in [0.15, 0.2) is 5.82 Å². The van der Waals surface area contributed by atoms with Crippen molar-refractivity contribution >= 4 is 17.0 Å². The van der Waals surface area contributed by atoms with Crippen LogP contribution in [0.3, 0.4) is 0 Å². The minimum Gasteiger partial charge on any atom is -0.336 e. The first-order valence-corrected chi connectivity index (χ1v) is 7.46. The predicted octanol–water partition coefficient (Wildman–Crippen LogP) is 1.40. The molecule has 4 rings (SSSR count). The van der Waals surface area contributed by atoms with Crippen LogP contribution in [0.1, 0.15) is 33.4 Å². The van der Waals surface area contributed by atoms with Crippen LogP contribution in [0.15, 0.2) is 10.6 Å². The molecule has 0 aromatic carbocycles. The smallest absolute Gasteiger partial charge is 0.258 e. The Balaban J connectivity index is 1.74. The molecule has 0 atom stereocenters. The number of fused-ring (bicyclic) bond motifs is 2. The van der Waals surface area contributed by atoms with Crippen LogP contribution in [-0.4, -0.2) is 42.3 Å². The number of aryl methyl sites for hydroxylation is 3. The molecule has 1 amide bonds. The summed E-state index contributed by atoms with van der Waals surface area (Å²) in [6.45, 7) is 7.35. The van der Waals surface area contributed by atoms with Gasteiger partial charge in [0, 0.05) is 18.8 Å². The van der Waals surface area contributed by atoms with Crippen molar-refractivity contribution in [2.24, 2.45) is 0 Å². The fourth-order valence-electron chi connectivity index (χ4n) is 3.03. The summed E-state index contributed by atoms with van der Waals surface area (Å²) in [5.74, 6) is 1.63. The van der Waals surface area contributed by atoms with Crippen LogP contribution in [0.5, 0.6) is 0 Å². The van der Waals surface area contributed by atoms with Gasteiger partial charge in [-0.15, -0.1) is 10.2 Å². The summed E-state index contributed by atoms with van der Waals surface area (Å²) in [5.41, 5.74) is 2.39. The van der Waals surface area contributed by atoms with Gasteiger partial charge in [-0.25, -0.2) is 4.98 Å². The van der Waals surface area contributed by atoms with Gasteiger partial charge < -0.3 is 14.0 Å². The van der Waals surface area contributed by atoms with Crippen molar-refractivity contribution in [1.82, 2.24) is 29.8 Å². The maximum atomic E-state index is 13.0. The SMILES string of the molecule is Cc1cc(C(=O)N2CCn3c(C)nnc3C2)c2c(C)noc2n1. The minimum atomic E-state index is -0.0568. The highest BCUT2D eigenvalue weighted by molar-refractivity contribution is 6.06. The number of hydrogen-bond donors (Lipinski definition) is 0. The lowest BCUT2D eigenvalue weighted by Gasteiger charge is -2.27. The van der Waals surface area contributed by atoms with Gasteiger partial charge in [-0.2, -0.15) is 0 Å². The molecule has 0 bridgehead atoms. The fraction of sp³-hybridized carbons (Fsp3) is 0.400. The Kier molecular flexibility index (Phi) is 2.93. The third kappa shape index (κ3) is 2.09. The summed E-state index contributed by atoms with van der Waals surface area (Å²) < 4.78 is 7.25. The van der Waals surface area contributed by atoms with Crippen LogP contribution in [0, 0.1) is 20.8 Å². The summed E-state index contributed by atoms with van der Waals surface area (Å²) in [5, 5.41) is 12.8. The van der Waals surface area contributed by atoms with E-state index in [1.54, 1.807) is 11.0 Å². The zero-order valence-corrected chi connectivity index (χ0v) is 13.2. The summed E-state index contributed by atoms with van der Waals surface area (Å²) in [7, 11) is 0. The molecule has 3 aromatic rings. The fourth-order valence-corrected chi connectivity index (χ4v) is 3.03. The molecule has 4 heterocycles. The molecule has 1 aliphatic rings. The van der Waals surface area contributed by atoms with Gasteiger partial charge in [0.25, 0.3) is 11.6 Å². The number of hydrogen-bond acceptors (Lipinski definition) is 6. The van der Waals surface area contributed by atoms with E-state index in [9.17, 15) is 4.79 Å². The van der Waals surface area contributed by atoms with Crippen molar-refractivity contribution in [2.75, 3.05) is 6.54 Å². The summed E-state index contributed by atoms with van der Waals surface area (Å²) in [6, 6.07) is 1.79. The highest BCUT2D eigenvalue weighted by Crippen LogP contribution is 2.24. The Morgan fingerprint density at radius 1 is 1.22 bits per heavy atom. The Hall–Kier alpha value is -2.77. The van der Waals surface area contributed by atoms with Crippen LogP contribution in [-0.2, 0) is 13.1 Å². The maximum absolute atomic E-state index is 13.0. The molecule has 1 aliphatic heterocycles. The van der Waals surface area contributed by atoms with E-state index in [-0.39, 0.29) is 5.91 Å². The first-order chi connectivity index (χ1) is 11.0. The summed E-state index contributed by atoms with van der Waals surface area (Å²) in [4.78, 5) is 19.1. The van der Waals surface area contributed by atoms with Crippen molar-refractivity contribution in [1.29, 1.82) is 0 Å². The lowest BCUT2D eigenvalue weighted by atomic mass is 10.1. The molecule has 0 saturated carbocycles. The molecule has 3 aromatic heterocycles. The van der Waals surface area contributed by atoms with Gasteiger partial charge in [0.05, 0.1) is 23.2 Å². The van der Waals surface area contributed by atoms with Crippen LogP contribution in [0.4, 0.5) is 0 Å². The molecule has 8 nitrogen and oxygen atoms in total. The first-order valence-electron chi connectivity index (χ1n) is 7.46. The van der Waals surface area contributed by atoms with E-state index in [1.807, 2.05) is 25.3 Å². The van der Waals surface area contributed by atoms with Crippen molar-refractivity contribution in [3.8, 4) is 0 Å². The van der Waals surface area contributed by atoms with Crippen molar-refractivity contribution in [2.45, 2.75) is 33.9 Å². The molecule has 118 valence electrons. The van der Waals surface area contributed by atoms with Crippen molar-refractivity contribution < 1.29 is 9.32 Å². The lowest BCUT2D eigenvalue weighted by molar-refractivity contribution is 0.0708. The van der Waals surface area contributed by atoms with Gasteiger partial charge in [-0.3, -0.25) is 4.79 Å². The molecule has 0 saturated heterocycles. The monoisotopic (exact) mass is 312 g/mol. The number of carbonyl (C=O) groups excluding carboxylic acids is 1. The molecule has 0 N–H and O–H groups in total. The van der Waals surface area contributed by atoms with E-state index in [4.69, 9.17) is 4.52 Å². The molecule has 0 unspecified atom stereocenters. The zero-order valence-electron chi connectivity index (χ0n) is 13.2. The maximum Gasteiger partial charge on any atom is 0.258 e. The highest BCUT2D eigenvalue weighted by Gasteiger charge is 2.27. The van der Waals surface area contributed by atoms with Gasteiger partial charge in [-0.1, -0.05) is 5.16 Å². The number of rotatable bonds is 1. The molecule has 0 fully saturated rings. The molecule has 23 heavy (non-hydrogen) atoms.